The van der Waals surface area contributed by atoms with Gasteiger partial charge in [-0.3, -0.25) is 4.79 Å². The van der Waals surface area contributed by atoms with Gasteiger partial charge in [0.25, 0.3) is 0 Å². The molecule has 94 valence electrons. The average Bonchev–Trinajstić information content (AvgIpc) is 2.37. The Morgan fingerprint density at radius 1 is 0.944 bits per heavy atom. The minimum absolute atomic E-state index is 0.599. The van der Waals surface area contributed by atoms with Gasteiger partial charge in [0, 0.05) is 26.9 Å². The molecule has 0 aliphatic carbocycles. The summed E-state index contributed by atoms with van der Waals surface area (Å²) in [6, 6.07) is 5.46. The molecule has 2 aromatic rings. The van der Waals surface area contributed by atoms with Crippen molar-refractivity contribution in [2.24, 2.45) is 0 Å². The first-order chi connectivity index (χ1) is 8.52. The molecule has 0 radical (unpaired) electrons. The van der Waals surface area contributed by atoms with E-state index in [1.54, 1.807) is 18.5 Å². The van der Waals surface area contributed by atoms with E-state index in [0.717, 1.165) is 15.4 Å². The minimum atomic E-state index is 0.599. The Morgan fingerprint density at radius 3 is 2.06 bits per heavy atom. The SMILES string of the molecule is Brc1ccc(Br)nc1.O=Cc1cc(Br)ncc1Br. The van der Waals surface area contributed by atoms with E-state index in [1.807, 2.05) is 12.1 Å². The first-order valence-electron chi connectivity index (χ1n) is 4.56. The zero-order valence-corrected chi connectivity index (χ0v) is 15.1. The van der Waals surface area contributed by atoms with Crippen molar-refractivity contribution in [1.29, 1.82) is 0 Å². The summed E-state index contributed by atoms with van der Waals surface area (Å²) in [5, 5.41) is 0. The number of aldehydes is 1. The molecule has 0 aliphatic heterocycles. The minimum Gasteiger partial charge on any atom is -0.298 e. The van der Waals surface area contributed by atoms with Gasteiger partial charge in [-0.25, -0.2) is 9.97 Å². The number of halogens is 4. The number of hydrogen-bond donors (Lipinski definition) is 0. The first-order valence-corrected chi connectivity index (χ1v) is 7.73. The highest BCUT2D eigenvalue weighted by Crippen LogP contribution is 2.16. The molecule has 0 aliphatic rings. The van der Waals surface area contributed by atoms with Gasteiger partial charge in [-0.1, -0.05) is 0 Å². The zero-order valence-electron chi connectivity index (χ0n) is 8.78. The summed E-state index contributed by atoms with van der Waals surface area (Å²) in [5.74, 6) is 0. The smallest absolute Gasteiger partial charge is 0.151 e. The van der Waals surface area contributed by atoms with E-state index >= 15 is 0 Å². The van der Waals surface area contributed by atoms with Crippen molar-refractivity contribution in [3.05, 3.63) is 54.3 Å². The second-order valence-corrected chi connectivity index (χ2v) is 6.34. The van der Waals surface area contributed by atoms with Gasteiger partial charge in [-0.15, -0.1) is 0 Å². The van der Waals surface area contributed by atoms with Crippen LogP contribution in [0.5, 0.6) is 0 Å². The third-order valence-corrected chi connectivity index (χ3v) is 3.70. The molecule has 7 heteroatoms. The van der Waals surface area contributed by atoms with Crippen molar-refractivity contribution in [3.63, 3.8) is 0 Å². The third kappa shape index (κ3) is 5.69. The number of carbonyl (C=O) groups excluding carboxylic acids is 1. The van der Waals surface area contributed by atoms with Crippen LogP contribution in [-0.4, -0.2) is 16.3 Å². The summed E-state index contributed by atoms with van der Waals surface area (Å²) < 4.78 is 3.24. The maximum Gasteiger partial charge on any atom is 0.151 e. The van der Waals surface area contributed by atoms with Gasteiger partial charge in [-0.2, -0.15) is 0 Å². The summed E-state index contributed by atoms with van der Waals surface area (Å²) >= 11 is 12.8. The van der Waals surface area contributed by atoms with Gasteiger partial charge in [0.2, 0.25) is 0 Å². The molecule has 0 aromatic carbocycles. The highest BCUT2D eigenvalue weighted by atomic mass is 79.9. The molecule has 0 bridgehead atoms. The van der Waals surface area contributed by atoms with Crippen LogP contribution < -0.4 is 0 Å². The van der Waals surface area contributed by atoms with E-state index in [2.05, 4.69) is 73.7 Å². The molecule has 0 N–H and O–H groups in total. The Kier molecular flexibility index (Phi) is 7.21. The van der Waals surface area contributed by atoms with Crippen LogP contribution in [0.4, 0.5) is 0 Å². The Balaban J connectivity index is 0.000000184. The zero-order chi connectivity index (χ0) is 13.5. The number of nitrogens with zero attached hydrogens (tertiary/aromatic N) is 2. The molecule has 2 rings (SSSR count). The number of rotatable bonds is 1. The van der Waals surface area contributed by atoms with Gasteiger partial charge in [0.15, 0.2) is 6.29 Å². The summed E-state index contributed by atoms with van der Waals surface area (Å²) in [6.45, 7) is 0. The molecule has 0 saturated carbocycles. The van der Waals surface area contributed by atoms with Gasteiger partial charge < -0.3 is 0 Å². The van der Waals surface area contributed by atoms with E-state index < -0.39 is 0 Å². The Hall–Kier alpha value is -0.110. The first kappa shape index (κ1) is 15.9. The monoisotopic (exact) mass is 498 g/mol. The highest BCUT2D eigenvalue weighted by molar-refractivity contribution is 9.11. The standard InChI is InChI=1S/C6H3Br2NO.C5H3Br2N/c7-5-2-9-6(8)1-4(5)3-10;6-4-1-2-5(7)8-3-4/h1-3H;1-3H. The lowest BCUT2D eigenvalue weighted by atomic mass is 10.3. The third-order valence-electron chi connectivity index (χ3n) is 1.67. The van der Waals surface area contributed by atoms with Crippen LogP contribution in [0.15, 0.2) is 48.7 Å². The van der Waals surface area contributed by atoms with E-state index in [9.17, 15) is 4.79 Å². The maximum absolute atomic E-state index is 10.3. The molecule has 18 heavy (non-hydrogen) atoms. The highest BCUT2D eigenvalue weighted by Gasteiger charge is 1.98. The van der Waals surface area contributed by atoms with Crippen molar-refractivity contribution in [3.8, 4) is 0 Å². The summed E-state index contributed by atoms with van der Waals surface area (Å²) in [4.78, 5) is 18.1. The lowest BCUT2D eigenvalue weighted by Gasteiger charge is -1.93. The predicted octanol–water partition coefficient (Wildman–Crippen LogP) is 5.03. The topological polar surface area (TPSA) is 42.9 Å². The summed E-state index contributed by atoms with van der Waals surface area (Å²) in [7, 11) is 0. The molecule has 0 unspecified atom stereocenters. The quantitative estimate of drug-likeness (QED) is 0.407. The fourth-order valence-electron chi connectivity index (χ4n) is 0.875. The van der Waals surface area contributed by atoms with Gasteiger partial charge >= 0.3 is 0 Å². The van der Waals surface area contributed by atoms with Gasteiger partial charge in [-0.05, 0) is 81.9 Å². The van der Waals surface area contributed by atoms with E-state index in [4.69, 9.17) is 0 Å². The Morgan fingerprint density at radius 2 is 1.61 bits per heavy atom. The number of hydrogen-bond acceptors (Lipinski definition) is 3. The fraction of sp³-hybridized carbons (Fsp3) is 0. The lowest BCUT2D eigenvalue weighted by molar-refractivity contribution is 0.112. The second-order valence-electron chi connectivity index (χ2n) is 2.95. The Bertz CT molecular complexity index is 510. The van der Waals surface area contributed by atoms with E-state index in [-0.39, 0.29) is 0 Å². The number of pyridine rings is 2. The van der Waals surface area contributed by atoms with Crippen LogP contribution in [0.25, 0.3) is 0 Å². The molecule has 0 amide bonds. The lowest BCUT2D eigenvalue weighted by Crippen LogP contribution is -1.84. The van der Waals surface area contributed by atoms with Crippen molar-refractivity contribution >= 4 is 70.0 Å². The average molecular weight is 502 g/mol. The van der Waals surface area contributed by atoms with Crippen molar-refractivity contribution in [2.45, 2.75) is 0 Å². The van der Waals surface area contributed by atoms with Crippen LogP contribution >= 0.6 is 63.7 Å². The van der Waals surface area contributed by atoms with Crippen molar-refractivity contribution in [1.82, 2.24) is 9.97 Å². The second kappa shape index (κ2) is 8.14. The Labute approximate surface area is 138 Å². The largest absolute Gasteiger partial charge is 0.298 e. The van der Waals surface area contributed by atoms with Gasteiger partial charge in [0.05, 0.1) is 0 Å². The predicted molar refractivity (Wildman–Crippen MR) is 84.7 cm³/mol. The molecule has 0 spiro atoms. The van der Waals surface area contributed by atoms with Gasteiger partial charge in [0.1, 0.15) is 9.21 Å². The fourth-order valence-corrected chi connectivity index (χ4v) is 2.00. The number of carbonyl (C=O) groups is 1. The molecule has 2 aromatic heterocycles. The van der Waals surface area contributed by atoms with Crippen LogP contribution in [-0.2, 0) is 0 Å². The van der Waals surface area contributed by atoms with E-state index in [0.29, 0.717) is 14.6 Å². The van der Waals surface area contributed by atoms with Crippen LogP contribution in [0.2, 0.25) is 0 Å². The normalized spacial score (nSPS) is 9.33. The molecule has 3 nitrogen and oxygen atoms in total. The summed E-state index contributed by atoms with van der Waals surface area (Å²) in [5.41, 5.74) is 0.599. The molecule has 2 heterocycles. The van der Waals surface area contributed by atoms with Crippen LogP contribution in [0.3, 0.4) is 0 Å². The maximum atomic E-state index is 10.3. The summed E-state index contributed by atoms with van der Waals surface area (Å²) in [6.07, 6.45) is 4.09. The van der Waals surface area contributed by atoms with Crippen molar-refractivity contribution < 1.29 is 4.79 Å². The van der Waals surface area contributed by atoms with E-state index in [1.165, 1.54) is 0 Å². The molecule has 0 fully saturated rings. The molecule has 0 saturated heterocycles. The molecular weight excluding hydrogens is 496 g/mol. The number of aromatic nitrogens is 2. The van der Waals surface area contributed by atoms with Crippen LogP contribution in [0.1, 0.15) is 10.4 Å². The molecule has 0 atom stereocenters. The van der Waals surface area contributed by atoms with Crippen molar-refractivity contribution in [2.75, 3.05) is 0 Å². The van der Waals surface area contributed by atoms with Crippen LogP contribution in [0, 0.1) is 0 Å². The molecular formula is C11H6Br4N2O.